The zero-order valence-electron chi connectivity index (χ0n) is 9.68. The second-order valence-electron chi connectivity index (χ2n) is 5.43. The van der Waals surface area contributed by atoms with Crippen LogP contribution in [0.1, 0.15) is 23.5 Å². The standard InChI is InChI=1S/C11H14N4O3/c16-10(9-13-11(17)15-14-9)12-3-4-1-7-5-2-6(5)8(4)18-7/h4-8H,1-3H2,(H,12,16)(H2,13,14,15,17)/t4-,5+,6-,7-,8+/m0/s1. The van der Waals surface area contributed by atoms with Gasteiger partial charge >= 0.3 is 5.69 Å². The molecule has 2 saturated heterocycles. The van der Waals surface area contributed by atoms with E-state index in [9.17, 15) is 9.59 Å². The Morgan fingerprint density at radius 2 is 2.33 bits per heavy atom. The number of hydrogen-bond donors (Lipinski definition) is 3. The molecule has 0 radical (unpaired) electrons. The minimum Gasteiger partial charge on any atom is -0.374 e. The number of aromatic amines is 2. The zero-order valence-corrected chi connectivity index (χ0v) is 9.68. The van der Waals surface area contributed by atoms with Gasteiger partial charge in [0, 0.05) is 12.5 Å². The van der Waals surface area contributed by atoms with Crippen molar-refractivity contribution in [2.75, 3.05) is 6.54 Å². The molecule has 2 aliphatic heterocycles. The summed E-state index contributed by atoms with van der Waals surface area (Å²) in [4.78, 5) is 24.9. The highest BCUT2D eigenvalue weighted by Crippen LogP contribution is 2.60. The number of nitrogens with one attached hydrogen (secondary N) is 3. The Labute approximate surface area is 102 Å². The largest absolute Gasteiger partial charge is 0.374 e. The van der Waals surface area contributed by atoms with Gasteiger partial charge in [-0.15, -0.1) is 5.10 Å². The molecule has 1 aromatic heterocycles. The molecule has 1 amide bonds. The summed E-state index contributed by atoms with van der Waals surface area (Å²) in [6, 6.07) is 0. The second kappa shape index (κ2) is 3.44. The molecule has 1 aliphatic carbocycles. The lowest BCUT2D eigenvalue weighted by atomic mass is 9.89. The normalized spacial score (nSPS) is 39.7. The zero-order chi connectivity index (χ0) is 12.3. The summed E-state index contributed by atoms with van der Waals surface area (Å²) in [6.07, 6.45) is 3.10. The van der Waals surface area contributed by atoms with E-state index in [1.165, 1.54) is 6.42 Å². The maximum Gasteiger partial charge on any atom is 0.341 e. The summed E-state index contributed by atoms with van der Waals surface area (Å²) in [6.45, 7) is 0.595. The Balaban J connectivity index is 1.36. The third kappa shape index (κ3) is 1.43. The summed E-state index contributed by atoms with van der Waals surface area (Å²) < 4.78 is 5.86. The second-order valence-corrected chi connectivity index (χ2v) is 5.43. The number of hydrogen-bond acceptors (Lipinski definition) is 4. The Bertz CT molecular complexity index is 550. The van der Waals surface area contributed by atoms with Crippen molar-refractivity contribution in [1.29, 1.82) is 0 Å². The van der Waals surface area contributed by atoms with Crippen LogP contribution in [0.5, 0.6) is 0 Å². The molecule has 18 heavy (non-hydrogen) atoms. The predicted molar refractivity (Wildman–Crippen MR) is 59.9 cm³/mol. The summed E-state index contributed by atoms with van der Waals surface area (Å²) in [5, 5.41) is 8.57. The number of fused-ring (bicyclic) bond motifs is 5. The van der Waals surface area contributed by atoms with Gasteiger partial charge in [-0.1, -0.05) is 0 Å². The number of amides is 1. The van der Waals surface area contributed by atoms with Gasteiger partial charge < -0.3 is 10.1 Å². The molecular weight excluding hydrogens is 236 g/mol. The quantitative estimate of drug-likeness (QED) is 0.657. The SMILES string of the molecule is O=C(NC[C@@H]1C[C@@H]2O[C@H]1[C@H]1C[C@H]12)c1n[nH]c(=O)[nH]1. The fraction of sp³-hybridized carbons (Fsp3) is 0.727. The monoisotopic (exact) mass is 250 g/mol. The number of nitrogens with zero attached hydrogens (tertiary/aromatic N) is 1. The van der Waals surface area contributed by atoms with Gasteiger partial charge in [0.25, 0.3) is 5.91 Å². The topological polar surface area (TPSA) is 99.9 Å². The highest BCUT2D eigenvalue weighted by molar-refractivity contribution is 5.90. The average Bonchev–Trinajstić information content (AvgIpc) is 2.74. The smallest absolute Gasteiger partial charge is 0.341 e. The van der Waals surface area contributed by atoms with Crippen molar-refractivity contribution in [2.24, 2.45) is 17.8 Å². The summed E-state index contributed by atoms with van der Waals surface area (Å²) in [7, 11) is 0. The summed E-state index contributed by atoms with van der Waals surface area (Å²) in [5.74, 6) is 1.63. The van der Waals surface area contributed by atoms with Crippen molar-refractivity contribution >= 4 is 5.91 Å². The lowest BCUT2D eigenvalue weighted by molar-refractivity contribution is 0.0605. The van der Waals surface area contributed by atoms with Crippen molar-refractivity contribution < 1.29 is 9.53 Å². The molecule has 5 atom stereocenters. The van der Waals surface area contributed by atoms with E-state index in [-0.39, 0.29) is 11.7 Å². The van der Waals surface area contributed by atoms with Crippen molar-refractivity contribution in [3.63, 3.8) is 0 Å². The van der Waals surface area contributed by atoms with Gasteiger partial charge in [0.2, 0.25) is 5.82 Å². The molecule has 3 aliphatic rings. The van der Waals surface area contributed by atoms with E-state index in [0.717, 1.165) is 18.3 Å². The number of carbonyl (C=O) groups excluding carboxylic acids is 1. The Morgan fingerprint density at radius 3 is 3.00 bits per heavy atom. The first-order chi connectivity index (χ1) is 8.72. The van der Waals surface area contributed by atoms with Crippen LogP contribution in [0, 0.1) is 17.8 Å². The molecule has 3 heterocycles. The van der Waals surface area contributed by atoms with Crippen LogP contribution < -0.4 is 11.0 Å². The molecule has 7 heteroatoms. The molecule has 1 saturated carbocycles. The van der Waals surface area contributed by atoms with Crippen LogP contribution in [-0.4, -0.2) is 39.8 Å². The van der Waals surface area contributed by atoms with Crippen molar-refractivity contribution in [1.82, 2.24) is 20.5 Å². The van der Waals surface area contributed by atoms with E-state index in [0.29, 0.717) is 24.7 Å². The molecule has 7 nitrogen and oxygen atoms in total. The summed E-state index contributed by atoms with van der Waals surface area (Å²) >= 11 is 0. The van der Waals surface area contributed by atoms with E-state index in [2.05, 4.69) is 20.5 Å². The minimum absolute atomic E-state index is 0.0355. The van der Waals surface area contributed by atoms with Gasteiger partial charge in [-0.2, -0.15) is 0 Å². The molecular formula is C11H14N4O3. The van der Waals surface area contributed by atoms with Crippen LogP contribution in [0.2, 0.25) is 0 Å². The number of carbonyl (C=O) groups is 1. The van der Waals surface area contributed by atoms with Gasteiger partial charge in [-0.25, -0.2) is 9.89 Å². The number of ether oxygens (including phenoxy) is 1. The molecule has 2 bridgehead atoms. The highest BCUT2D eigenvalue weighted by atomic mass is 16.5. The van der Waals surface area contributed by atoms with Gasteiger partial charge in [-0.3, -0.25) is 9.78 Å². The molecule has 1 aromatic rings. The van der Waals surface area contributed by atoms with Crippen molar-refractivity contribution in [3.05, 3.63) is 16.3 Å². The molecule has 3 fully saturated rings. The maximum atomic E-state index is 11.7. The van der Waals surface area contributed by atoms with E-state index < -0.39 is 5.69 Å². The fourth-order valence-electron chi connectivity index (χ4n) is 3.45. The van der Waals surface area contributed by atoms with Crippen LogP contribution >= 0.6 is 0 Å². The van der Waals surface area contributed by atoms with E-state index >= 15 is 0 Å². The minimum atomic E-state index is -0.468. The highest BCUT2D eigenvalue weighted by Gasteiger charge is 2.62. The first kappa shape index (κ1) is 10.3. The van der Waals surface area contributed by atoms with E-state index in [1.807, 2.05) is 0 Å². The number of H-pyrrole nitrogens is 2. The predicted octanol–water partition coefficient (Wildman–Crippen LogP) is -0.749. The average molecular weight is 250 g/mol. The third-order valence-corrected chi connectivity index (χ3v) is 4.36. The van der Waals surface area contributed by atoms with Crippen molar-refractivity contribution in [2.45, 2.75) is 25.0 Å². The molecule has 0 spiro atoms. The number of rotatable bonds is 3. The van der Waals surface area contributed by atoms with Crippen LogP contribution in [0.15, 0.2) is 4.79 Å². The molecule has 0 unspecified atom stereocenters. The van der Waals surface area contributed by atoms with Crippen LogP contribution in [-0.2, 0) is 4.74 Å². The van der Waals surface area contributed by atoms with Gasteiger partial charge in [0.1, 0.15) is 0 Å². The maximum absolute atomic E-state index is 11.7. The van der Waals surface area contributed by atoms with Crippen LogP contribution in [0.25, 0.3) is 0 Å². The van der Waals surface area contributed by atoms with Crippen LogP contribution in [0.4, 0.5) is 0 Å². The Hall–Kier alpha value is -1.63. The van der Waals surface area contributed by atoms with Gasteiger partial charge in [0.15, 0.2) is 0 Å². The van der Waals surface area contributed by atoms with E-state index in [1.54, 1.807) is 0 Å². The third-order valence-electron chi connectivity index (χ3n) is 4.36. The molecule has 3 N–H and O–H groups in total. The molecule has 96 valence electrons. The van der Waals surface area contributed by atoms with Crippen LogP contribution in [0.3, 0.4) is 0 Å². The van der Waals surface area contributed by atoms with Crippen molar-refractivity contribution in [3.8, 4) is 0 Å². The molecule has 4 rings (SSSR count). The lowest BCUT2D eigenvalue weighted by Crippen LogP contribution is -2.35. The van der Waals surface area contributed by atoms with Gasteiger partial charge in [-0.05, 0) is 24.7 Å². The first-order valence-electron chi connectivity index (χ1n) is 6.30. The Kier molecular flexibility index (Phi) is 1.97. The Morgan fingerprint density at radius 1 is 1.44 bits per heavy atom. The molecule has 0 aromatic carbocycles. The first-order valence-corrected chi connectivity index (χ1v) is 6.30. The fourth-order valence-corrected chi connectivity index (χ4v) is 3.45. The van der Waals surface area contributed by atoms with Gasteiger partial charge in [0.05, 0.1) is 12.2 Å². The summed E-state index contributed by atoms with van der Waals surface area (Å²) in [5.41, 5.74) is -0.468. The lowest BCUT2D eigenvalue weighted by Gasteiger charge is -2.18. The van der Waals surface area contributed by atoms with E-state index in [4.69, 9.17) is 4.74 Å². The number of aromatic nitrogens is 3.